The topological polar surface area (TPSA) is 32.3 Å². The van der Waals surface area contributed by atoms with E-state index in [-0.39, 0.29) is 6.61 Å². The standard InChI is InChI=1S/C15H19NO/c1-12(8-9-17)16-11-13-6-7-14-4-2-3-5-15(14)10-13/h2-7,10,12,16-17H,8-9,11H2,1H3. The fourth-order valence-corrected chi connectivity index (χ4v) is 1.94. The Labute approximate surface area is 102 Å². The van der Waals surface area contributed by atoms with Crippen molar-refractivity contribution in [3.8, 4) is 0 Å². The highest BCUT2D eigenvalue weighted by atomic mass is 16.3. The van der Waals surface area contributed by atoms with Crippen LogP contribution in [-0.4, -0.2) is 17.8 Å². The van der Waals surface area contributed by atoms with Crippen molar-refractivity contribution in [3.05, 3.63) is 48.0 Å². The first-order chi connectivity index (χ1) is 8.29. The predicted molar refractivity (Wildman–Crippen MR) is 72.0 cm³/mol. The van der Waals surface area contributed by atoms with Crippen LogP contribution in [0.15, 0.2) is 42.5 Å². The second-order valence-corrected chi connectivity index (χ2v) is 4.48. The number of hydrogen-bond acceptors (Lipinski definition) is 2. The van der Waals surface area contributed by atoms with Gasteiger partial charge >= 0.3 is 0 Å². The molecule has 0 bridgehead atoms. The molecule has 0 aromatic heterocycles. The summed E-state index contributed by atoms with van der Waals surface area (Å²) in [5.74, 6) is 0. The minimum atomic E-state index is 0.242. The Morgan fingerprint density at radius 2 is 1.88 bits per heavy atom. The summed E-state index contributed by atoms with van der Waals surface area (Å²) in [4.78, 5) is 0. The lowest BCUT2D eigenvalue weighted by Crippen LogP contribution is -2.26. The molecule has 0 saturated heterocycles. The monoisotopic (exact) mass is 229 g/mol. The van der Waals surface area contributed by atoms with Crippen LogP contribution in [0.3, 0.4) is 0 Å². The van der Waals surface area contributed by atoms with Gasteiger partial charge in [0.15, 0.2) is 0 Å². The molecule has 0 saturated carbocycles. The SMILES string of the molecule is CC(CCO)NCc1ccc2ccccc2c1. The molecule has 0 spiro atoms. The summed E-state index contributed by atoms with van der Waals surface area (Å²) in [6, 6.07) is 15.3. The molecule has 2 aromatic rings. The smallest absolute Gasteiger partial charge is 0.0445 e. The van der Waals surface area contributed by atoms with E-state index in [4.69, 9.17) is 5.11 Å². The second kappa shape index (κ2) is 5.80. The molecule has 17 heavy (non-hydrogen) atoms. The van der Waals surface area contributed by atoms with E-state index in [9.17, 15) is 0 Å². The van der Waals surface area contributed by atoms with Crippen LogP contribution in [0.1, 0.15) is 18.9 Å². The van der Waals surface area contributed by atoms with Crippen molar-refractivity contribution in [1.29, 1.82) is 0 Å². The van der Waals surface area contributed by atoms with E-state index in [0.717, 1.165) is 13.0 Å². The lowest BCUT2D eigenvalue weighted by molar-refractivity contribution is 0.268. The van der Waals surface area contributed by atoms with Gasteiger partial charge in [0.2, 0.25) is 0 Å². The van der Waals surface area contributed by atoms with E-state index < -0.39 is 0 Å². The molecule has 0 heterocycles. The number of hydrogen-bond donors (Lipinski definition) is 2. The molecule has 2 heteroatoms. The third-order valence-electron chi connectivity index (χ3n) is 3.03. The van der Waals surface area contributed by atoms with Gasteiger partial charge in [0.25, 0.3) is 0 Å². The Hall–Kier alpha value is -1.38. The van der Waals surface area contributed by atoms with Crippen LogP contribution in [-0.2, 0) is 6.54 Å². The van der Waals surface area contributed by atoms with Crippen LogP contribution in [0.5, 0.6) is 0 Å². The summed E-state index contributed by atoms with van der Waals surface area (Å²) in [6.07, 6.45) is 0.799. The molecule has 0 aliphatic carbocycles. The highest BCUT2D eigenvalue weighted by molar-refractivity contribution is 5.82. The van der Waals surface area contributed by atoms with Crippen LogP contribution < -0.4 is 5.32 Å². The molecule has 2 rings (SSSR count). The van der Waals surface area contributed by atoms with Gasteiger partial charge < -0.3 is 10.4 Å². The summed E-state index contributed by atoms with van der Waals surface area (Å²) in [7, 11) is 0. The zero-order valence-electron chi connectivity index (χ0n) is 10.2. The summed E-state index contributed by atoms with van der Waals surface area (Å²) in [5.41, 5.74) is 1.29. The summed E-state index contributed by atoms with van der Waals surface area (Å²) in [5, 5.41) is 14.8. The molecule has 0 radical (unpaired) electrons. The van der Waals surface area contributed by atoms with Gasteiger partial charge in [0, 0.05) is 19.2 Å². The van der Waals surface area contributed by atoms with Crippen molar-refractivity contribution in [2.45, 2.75) is 25.9 Å². The Kier molecular flexibility index (Phi) is 4.13. The minimum Gasteiger partial charge on any atom is -0.396 e. The van der Waals surface area contributed by atoms with E-state index in [1.165, 1.54) is 16.3 Å². The zero-order chi connectivity index (χ0) is 12.1. The van der Waals surface area contributed by atoms with Crippen LogP contribution in [0, 0.1) is 0 Å². The first kappa shape index (κ1) is 12.1. The highest BCUT2D eigenvalue weighted by Crippen LogP contribution is 2.15. The largest absolute Gasteiger partial charge is 0.396 e. The third kappa shape index (κ3) is 3.29. The Morgan fingerprint density at radius 1 is 1.12 bits per heavy atom. The van der Waals surface area contributed by atoms with Crippen LogP contribution in [0.2, 0.25) is 0 Å². The zero-order valence-corrected chi connectivity index (χ0v) is 10.2. The Bertz CT molecular complexity index is 481. The molecule has 0 aliphatic heterocycles. The van der Waals surface area contributed by atoms with E-state index >= 15 is 0 Å². The molecule has 1 atom stereocenters. The maximum absolute atomic E-state index is 8.84. The summed E-state index contributed by atoms with van der Waals surface area (Å²) >= 11 is 0. The maximum Gasteiger partial charge on any atom is 0.0445 e. The van der Waals surface area contributed by atoms with Crippen molar-refractivity contribution in [1.82, 2.24) is 5.32 Å². The average molecular weight is 229 g/mol. The van der Waals surface area contributed by atoms with Crippen molar-refractivity contribution < 1.29 is 5.11 Å². The first-order valence-corrected chi connectivity index (χ1v) is 6.11. The normalized spacial score (nSPS) is 12.8. The van der Waals surface area contributed by atoms with Gasteiger partial charge in [-0.05, 0) is 35.7 Å². The average Bonchev–Trinajstić information content (AvgIpc) is 2.36. The van der Waals surface area contributed by atoms with Crippen LogP contribution in [0.25, 0.3) is 10.8 Å². The number of aliphatic hydroxyl groups excluding tert-OH is 1. The predicted octanol–water partition coefficient (Wildman–Crippen LogP) is 2.70. The Balaban J connectivity index is 2.04. The van der Waals surface area contributed by atoms with E-state index in [1.807, 2.05) is 0 Å². The second-order valence-electron chi connectivity index (χ2n) is 4.48. The maximum atomic E-state index is 8.84. The van der Waals surface area contributed by atoms with Gasteiger partial charge in [-0.2, -0.15) is 0 Å². The fraction of sp³-hybridized carbons (Fsp3) is 0.333. The van der Waals surface area contributed by atoms with Gasteiger partial charge in [0.05, 0.1) is 0 Å². The minimum absolute atomic E-state index is 0.242. The number of aliphatic hydroxyl groups is 1. The molecule has 2 aromatic carbocycles. The summed E-state index contributed by atoms with van der Waals surface area (Å²) in [6.45, 7) is 3.19. The van der Waals surface area contributed by atoms with Crippen molar-refractivity contribution in [2.24, 2.45) is 0 Å². The van der Waals surface area contributed by atoms with Gasteiger partial charge in [-0.15, -0.1) is 0 Å². The third-order valence-corrected chi connectivity index (χ3v) is 3.03. The molecule has 1 unspecified atom stereocenters. The van der Waals surface area contributed by atoms with Gasteiger partial charge in [-0.3, -0.25) is 0 Å². The van der Waals surface area contributed by atoms with Crippen LogP contribution >= 0.6 is 0 Å². The molecule has 0 amide bonds. The molecule has 2 nitrogen and oxygen atoms in total. The van der Waals surface area contributed by atoms with E-state index in [2.05, 4.69) is 54.7 Å². The number of nitrogens with one attached hydrogen (secondary N) is 1. The highest BCUT2D eigenvalue weighted by Gasteiger charge is 2.01. The first-order valence-electron chi connectivity index (χ1n) is 6.11. The molecular formula is C15H19NO. The number of fused-ring (bicyclic) bond motifs is 1. The van der Waals surface area contributed by atoms with Crippen LogP contribution in [0.4, 0.5) is 0 Å². The summed E-state index contributed by atoms with van der Waals surface area (Å²) < 4.78 is 0. The molecule has 0 aliphatic rings. The lowest BCUT2D eigenvalue weighted by atomic mass is 10.1. The van der Waals surface area contributed by atoms with E-state index in [1.54, 1.807) is 0 Å². The van der Waals surface area contributed by atoms with Crippen molar-refractivity contribution in [2.75, 3.05) is 6.61 Å². The lowest BCUT2D eigenvalue weighted by Gasteiger charge is -2.12. The Morgan fingerprint density at radius 3 is 2.65 bits per heavy atom. The number of rotatable bonds is 5. The van der Waals surface area contributed by atoms with Gasteiger partial charge in [-0.1, -0.05) is 36.4 Å². The van der Waals surface area contributed by atoms with Gasteiger partial charge in [0.1, 0.15) is 0 Å². The molecule has 2 N–H and O–H groups in total. The molecular weight excluding hydrogens is 210 g/mol. The molecule has 90 valence electrons. The van der Waals surface area contributed by atoms with Gasteiger partial charge in [-0.25, -0.2) is 0 Å². The van der Waals surface area contributed by atoms with Crippen molar-refractivity contribution in [3.63, 3.8) is 0 Å². The quantitative estimate of drug-likeness (QED) is 0.826. The number of benzene rings is 2. The molecule has 0 fully saturated rings. The fourth-order valence-electron chi connectivity index (χ4n) is 1.94. The van der Waals surface area contributed by atoms with E-state index in [0.29, 0.717) is 6.04 Å². The van der Waals surface area contributed by atoms with Crippen molar-refractivity contribution >= 4 is 10.8 Å².